The zero-order valence-corrected chi connectivity index (χ0v) is 77.4. The topological polar surface area (TPSA) is 36.0 Å². The third-order valence-electron chi connectivity index (χ3n) is 23.6. The number of thiophene rings is 1. The maximum Gasteiger partial charge on any atom is 0.137 e. The summed E-state index contributed by atoms with van der Waals surface area (Å²) in [6.07, 6.45) is 0. The van der Waals surface area contributed by atoms with Crippen molar-refractivity contribution >= 4 is 240 Å². The Labute approximate surface area is 791 Å². The van der Waals surface area contributed by atoms with E-state index in [1.54, 1.807) is 0 Å². The molecule has 0 aliphatic heterocycles. The molecule has 0 atom stereocenters. The molecule has 0 fully saturated rings. The van der Waals surface area contributed by atoms with Gasteiger partial charge in [-0.1, -0.05) is 312 Å². The summed E-state index contributed by atoms with van der Waals surface area (Å²) in [4.78, 5) is 9.23. The van der Waals surface area contributed by atoms with Crippen LogP contribution in [0.5, 0.6) is 0 Å². The van der Waals surface area contributed by atoms with Crippen molar-refractivity contribution in [1.29, 1.82) is 0 Å². The zero-order valence-electron chi connectivity index (χ0n) is 70.2. The molecule has 0 radical (unpaired) electrons. The van der Waals surface area contributed by atoms with Crippen LogP contribution in [0.4, 0.5) is 68.2 Å². The molecule has 0 bridgehead atoms. The van der Waals surface area contributed by atoms with E-state index in [1.807, 2.05) is 29.5 Å². The Morgan fingerprint density at radius 2 is 0.492 bits per heavy atom. The summed E-state index contributed by atoms with van der Waals surface area (Å²) in [5.41, 5.74) is 24.7. The molecular weight excluding hydrogens is 1870 g/mol. The Morgan fingerprint density at radius 3 is 0.962 bits per heavy atom. The maximum absolute atomic E-state index is 6.23. The molecule has 4 heterocycles. The minimum atomic E-state index is 0.876. The lowest BCUT2D eigenvalue weighted by molar-refractivity contribution is 0.668. The van der Waals surface area contributed by atoms with Gasteiger partial charge in [0.2, 0.25) is 0 Å². The standard InChI is InChI=1S/C34H23BrN2.C30H21BrN2.C30H20BrNO.C24H16BrNS/c35-26-16-19-31-32-20-18-30(23-34(32)37(33(31)22-26)28-13-5-2-6-14-28)36(27-11-3-1-4-12-27)29-17-15-24-9-7-8-10-25(24)21-29;31-22-16-18-27-28-19-17-26(21-30(28)33(29(27)20-22)25-14-8-3-9-15-25)32(23-10-4-1-5-11-23)24-12-6-2-7-13-24;31-23-14-16-27-28-17-15-26(20-30(28)33-29(27)19-23)32(24-11-5-2-6-12-24)25-13-7-10-22(18-25)21-8-3-1-4-9-21;25-17-11-13-21-22-16-20(12-14-23(22)27-24(21)15-17)26(18-7-3-1-4-8-18)19-9-5-2-6-10-19/h1-23H;1-21H;1-20H;1-16H. The van der Waals surface area contributed by atoms with Crippen LogP contribution in [0, 0.1) is 0 Å². The van der Waals surface area contributed by atoms with Crippen LogP contribution in [0.25, 0.3) is 119 Å². The van der Waals surface area contributed by atoms with Gasteiger partial charge >= 0.3 is 0 Å². The largest absolute Gasteiger partial charge is 0.456 e. The van der Waals surface area contributed by atoms with Gasteiger partial charge in [-0.05, 0) is 252 Å². The number of furan rings is 1. The van der Waals surface area contributed by atoms with Gasteiger partial charge in [-0.15, -0.1) is 11.3 Å². The minimum absolute atomic E-state index is 0.876. The molecule has 0 aliphatic rings. The number of fused-ring (bicyclic) bond motifs is 13. The summed E-state index contributed by atoms with van der Waals surface area (Å²) in [5.74, 6) is 0. The third-order valence-corrected chi connectivity index (χ3v) is 26.7. The first-order valence-electron chi connectivity index (χ1n) is 43.1. The zero-order chi connectivity index (χ0) is 87.4. The molecule has 24 rings (SSSR count). The monoisotopic (exact) mass is 1940 g/mol. The van der Waals surface area contributed by atoms with E-state index in [1.165, 1.54) is 91.4 Å². The van der Waals surface area contributed by atoms with E-state index in [4.69, 9.17) is 4.42 Å². The van der Waals surface area contributed by atoms with E-state index < -0.39 is 0 Å². The fourth-order valence-electron chi connectivity index (χ4n) is 17.7. The van der Waals surface area contributed by atoms with Gasteiger partial charge in [-0.25, -0.2) is 0 Å². The van der Waals surface area contributed by atoms with Crippen LogP contribution < -0.4 is 19.6 Å². The Hall–Kier alpha value is -14.6. The Balaban J connectivity index is 0.000000105. The Kier molecular flexibility index (Phi) is 23.4. The lowest BCUT2D eigenvalue weighted by Crippen LogP contribution is -2.10. The van der Waals surface area contributed by atoms with Gasteiger partial charge in [0.15, 0.2) is 0 Å². The molecule has 4 aromatic heterocycles. The SMILES string of the molecule is Brc1ccc2c(c1)oc1cc(N(c3ccccc3)c3cccc(-c4ccccc4)c3)ccc12.Brc1ccc2c(c1)sc1ccc(N(c3ccccc3)c3ccccc3)cc12.Brc1ccc2c3ccc(N(c4ccccc4)c4ccc5ccccc5c4)cc3n(-c3ccccc3)c2c1.Brc1ccc2c3ccc(N(c4ccccc4)c4ccccc4)cc3n(-c3ccccc3)c2c1. The van der Waals surface area contributed by atoms with Crippen LogP contribution in [0.15, 0.2) is 508 Å². The summed E-state index contributed by atoms with van der Waals surface area (Å²) in [5, 5.41) is 12.3. The van der Waals surface area contributed by atoms with Crippen LogP contribution in [-0.2, 0) is 0 Å². The quantitative estimate of drug-likeness (QED) is 0.102. The highest BCUT2D eigenvalue weighted by Crippen LogP contribution is 2.47. The van der Waals surface area contributed by atoms with E-state index >= 15 is 0 Å². The van der Waals surface area contributed by atoms with Gasteiger partial charge in [-0.3, -0.25) is 0 Å². The first-order chi connectivity index (χ1) is 64.1. The summed E-state index contributed by atoms with van der Waals surface area (Å²) in [7, 11) is 0. The van der Waals surface area contributed by atoms with Crippen LogP contribution in [0.1, 0.15) is 0 Å². The summed E-state index contributed by atoms with van der Waals surface area (Å²) >= 11 is 16.3. The van der Waals surface area contributed by atoms with Gasteiger partial charge in [-0.2, -0.15) is 0 Å². The first kappa shape index (κ1) is 82.4. The predicted molar refractivity (Wildman–Crippen MR) is 567 cm³/mol. The summed E-state index contributed by atoms with van der Waals surface area (Å²) in [6.45, 7) is 0. The number of hydrogen-bond acceptors (Lipinski definition) is 6. The van der Waals surface area contributed by atoms with Crippen molar-refractivity contribution < 1.29 is 4.42 Å². The first-order valence-corrected chi connectivity index (χ1v) is 47.1. The number of hydrogen-bond donors (Lipinski definition) is 0. The van der Waals surface area contributed by atoms with E-state index in [9.17, 15) is 0 Å². The molecule has 0 N–H and O–H groups in total. The fraction of sp³-hybridized carbons (Fsp3) is 0. The van der Waals surface area contributed by atoms with E-state index in [0.29, 0.717) is 0 Å². The smallest absolute Gasteiger partial charge is 0.137 e. The van der Waals surface area contributed by atoms with Gasteiger partial charge < -0.3 is 33.2 Å². The van der Waals surface area contributed by atoms with E-state index in [-0.39, 0.29) is 0 Å². The molecule has 0 aliphatic carbocycles. The van der Waals surface area contributed by atoms with E-state index in [0.717, 1.165) is 114 Å². The molecule has 24 aromatic rings. The van der Waals surface area contributed by atoms with Gasteiger partial charge in [0, 0.05) is 156 Å². The molecule has 0 spiro atoms. The molecule has 0 saturated carbocycles. The van der Waals surface area contributed by atoms with Gasteiger partial charge in [0.25, 0.3) is 0 Å². The minimum Gasteiger partial charge on any atom is -0.456 e. The van der Waals surface area contributed by atoms with Crippen molar-refractivity contribution in [1.82, 2.24) is 9.13 Å². The highest BCUT2D eigenvalue weighted by molar-refractivity contribution is 9.11. The van der Waals surface area contributed by atoms with Crippen molar-refractivity contribution in [2.45, 2.75) is 0 Å². The lowest BCUT2D eigenvalue weighted by atomic mass is 10.0. The highest BCUT2D eigenvalue weighted by atomic mass is 79.9. The van der Waals surface area contributed by atoms with Crippen molar-refractivity contribution in [3.05, 3.63) is 503 Å². The van der Waals surface area contributed by atoms with Gasteiger partial charge in [0.1, 0.15) is 11.2 Å². The lowest BCUT2D eigenvalue weighted by Gasteiger charge is -2.26. The highest BCUT2D eigenvalue weighted by Gasteiger charge is 2.23. The second-order valence-corrected chi connectivity index (χ2v) is 36.5. The molecule has 0 unspecified atom stereocenters. The molecule has 20 aromatic carbocycles. The van der Waals surface area contributed by atoms with Crippen molar-refractivity contribution in [2.75, 3.05) is 19.6 Å². The molecule has 0 saturated heterocycles. The molecule has 7 nitrogen and oxygen atoms in total. The molecule has 12 heteroatoms. The summed E-state index contributed by atoms with van der Waals surface area (Å²) < 4.78 is 17.9. The molecule has 0 amide bonds. The third kappa shape index (κ3) is 16.9. The van der Waals surface area contributed by atoms with E-state index in [2.05, 4.69) is 560 Å². The van der Waals surface area contributed by atoms with Gasteiger partial charge in [0.05, 0.1) is 22.1 Å². The number of rotatable bonds is 15. The van der Waals surface area contributed by atoms with Crippen molar-refractivity contribution in [3.63, 3.8) is 0 Å². The Bertz CT molecular complexity index is 8090. The molecule has 622 valence electrons. The van der Waals surface area contributed by atoms with Crippen LogP contribution >= 0.6 is 75.1 Å². The number of nitrogens with zero attached hydrogens (tertiary/aromatic N) is 6. The fourth-order valence-corrected chi connectivity index (χ4v) is 20.4. The Morgan fingerprint density at radius 1 is 0.185 bits per heavy atom. The molecule has 130 heavy (non-hydrogen) atoms. The van der Waals surface area contributed by atoms with Crippen LogP contribution in [0.2, 0.25) is 0 Å². The predicted octanol–water partition coefficient (Wildman–Crippen LogP) is 37.0. The number of aromatic nitrogens is 2. The average molecular weight is 1950 g/mol. The number of benzene rings is 20. The van der Waals surface area contributed by atoms with Crippen LogP contribution in [-0.4, -0.2) is 9.13 Å². The van der Waals surface area contributed by atoms with Crippen LogP contribution in [0.3, 0.4) is 0 Å². The number of anilines is 12. The molecular formula is C118H80Br4N6OS. The van der Waals surface area contributed by atoms with Crippen molar-refractivity contribution in [3.8, 4) is 22.5 Å². The average Bonchev–Trinajstić information content (AvgIpc) is 1.58. The second kappa shape index (κ2) is 37.0. The number of halogens is 4. The normalized spacial score (nSPS) is 11.2. The number of para-hydroxylation sites is 8. The summed E-state index contributed by atoms with van der Waals surface area (Å²) in [6, 6.07) is 171. The van der Waals surface area contributed by atoms with Crippen molar-refractivity contribution in [2.24, 2.45) is 0 Å². The maximum atomic E-state index is 6.23. The second-order valence-electron chi connectivity index (χ2n) is 31.7.